The van der Waals surface area contributed by atoms with E-state index in [1.807, 2.05) is 49.1 Å². The predicted octanol–water partition coefficient (Wildman–Crippen LogP) is 2.61. The fourth-order valence-electron chi connectivity index (χ4n) is 3.54. The molecule has 1 atom stereocenters. The largest absolute Gasteiger partial charge is 0.350 e. The molecular formula is C19H26N4O. The highest BCUT2D eigenvalue weighted by atomic mass is 16.1. The molecule has 5 heteroatoms. The van der Waals surface area contributed by atoms with Gasteiger partial charge < -0.3 is 5.32 Å². The second-order valence-corrected chi connectivity index (χ2v) is 6.51. The zero-order valence-electron chi connectivity index (χ0n) is 14.7. The first-order valence-electron chi connectivity index (χ1n) is 8.71. The number of carbonyl (C=O) groups is 1. The molecule has 1 unspecified atom stereocenters. The van der Waals surface area contributed by atoms with Gasteiger partial charge in [0.15, 0.2) is 0 Å². The van der Waals surface area contributed by atoms with Crippen LogP contribution in [0.2, 0.25) is 0 Å². The standard InChI is InChI=1S/C19H26N4O/c1-4-23-11-5-6-17(23)12-20-19(24)16-9-7-15(8-10-16)18-13-22(3)21-14(18)2/h7-10,13,17H,4-6,11-12H2,1-3H3,(H,20,24). The summed E-state index contributed by atoms with van der Waals surface area (Å²) in [5, 5.41) is 7.45. The number of likely N-dealkylation sites (tertiary alicyclic amines) is 1. The third-order valence-corrected chi connectivity index (χ3v) is 4.88. The number of likely N-dealkylation sites (N-methyl/N-ethyl adjacent to an activating group) is 1. The van der Waals surface area contributed by atoms with E-state index in [1.54, 1.807) is 0 Å². The summed E-state index contributed by atoms with van der Waals surface area (Å²) < 4.78 is 1.81. The zero-order chi connectivity index (χ0) is 17.1. The number of aromatic nitrogens is 2. The van der Waals surface area contributed by atoms with Gasteiger partial charge in [-0.25, -0.2) is 0 Å². The minimum Gasteiger partial charge on any atom is -0.350 e. The Morgan fingerprint density at radius 3 is 2.71 bits per heavy atom. The van der Waals surface area contributed by atoms with Crippen LogP contribution in [0.5, 0.6) is 0 Å². The van der Waals surface area contributed by atoms with Gasteiger partial charge in [0.2, 0.25) is 0 Å². The molecule has 2 heterocycles. The van der Waals surface area contributed by atoms with Crippen LogP contribution in [0.4, 0.5) is 0 Å². The quantitative estimate of drug-likeness (QED) is 0.919. The second-order valence-electron chi connectivity index (χ2n) is 6.51. The summed E-state index contributed by atoms with van der Waals surface area (Å²) in [7, 11) is 1.92. The molecular weight excluding hydrogens is 300 g/mol. The fraction of sp³-hybridized carbons (Fsp3) is 0.474. The van der Waals surface area contributed by atoms with Crippen molar-refractivity contribution in [2.24, 2.45) is 7.05 Å². The molecule has 1 fully saturated rings. The summed E-state index contributed by atoms with van der Waals surface area (Å²) in [5.74, 6) is 0.00686. The summed E-state index contributed by atoms with van der Waals surface area (Å²) in [4.78, 5) is 14.8. The molecule has 1 amide bonds. The van der Waals surface area contributed by atoms with Crippen molar-refractivity contribution in [2.45, 2.75) is 32.7 Å². The molecule has 1 saturated heterocycles. The molecule has 1 aliphatic rings. The maximum atomic E-state index is 12.4. The van der Waals surface area contributed by atoms with Crippen LogP contribution in [-0.4, -0.2) is 46.3 Å². The molecule has 0 radical (unpaired) electrons. The van der Waals surface area contributed by atoms with Crippen LogP contribution in [0.25, 0.3) is 11.1 Å². The van der Waals surface area contributed by atoms with Crippen molar-refractivity contribution in [2.75, 3.05) is 19.6 Å². The van der Waals surface area contributed by atoms with Crippen molar-refractivity contribution < 1.29 is 4.79 Å². The van der Waals surface area contributed by atoms with Crippen LogP contribution in [-0.2, 0) is 7.05 Å². The van der Waals surface area contributed by atoms with Crippen molar-refractivity contribution in [1.29, 1.82) is 0 Å². The van der Waals surface area contributed by atoms with Gasteiger partial charge in [-0.2, -0.15) is 5.10 Å². The molecule has 1 aromatic heterocycles. The van der Waals surface area contributed by atoms with Gasteiger partial charge in [0.25, 0.3) is 5.91 Å². The maximum Gasteiger partial charge on any atom is 0.251 e. The molecule has 0 bridgehead atoms. The summed E-state index contributed by atoms with van der Waals surface area (Å²) in [6.07, 6.45) is 4.41. The monoisotopic (exact) mass is 326 g/mol. The fourth-order valence-corrected chi connectivity index (χ4v) is 3.54. The van der Waals surface area contributed by atoms with Crippen LogP contribution >= 0.6 is 0 Å². The van der Waals surface area contributed by atoms with Crippen molar-refractivity contribution in [1.82, 2.24) is 20.0 Å². The Kier molecular flexibility index (Phi) is 5.00. The van der Waals surface area contributed by atoms with Gasteiger partial charge in [0.1, 0.15) is 0 Å². The molecule has 1 aliphatic heterocycles. The Bertz CT molecular complexity index is 705. The number of rotatable bonds is 5. The molecule has 3 rings (SSSR count). The van der Waals surface area contributed by atoms with E-state index in [9.17, 15) is 4.79 Å². The lowest BCUT2D eigenvalue weighted by Gasteiger charge is -2.22. The molecule has 2 aromatic rings. The highest BCUT2D eigenvalue weighted by molar-refractivity contribution is 5.94. The highest BCUT2D eigenvalue weighted by Gasteiger charge is 2.23. The Balaban J connectivity index is 1.63. The van der Waals surface area contributed by atoms with Gasteiger partial charge >= 0.3 is 0 Å². The summed E-state index contributed by atoms with van der Waals surface area (Å²) in [6, 6.07) is 8.25. The Morgan fingerprint density at radius 2 is 2.08 bits per heavy atom. The molecule has 1 N–H and O–H groups in total. The van der Waals surface area contributed by atoms with Crippen molar-refractivity contribution in [3.8, 4) is 11.1 Å². The molecule has 0 saturated carbocycles. The summed E-state index contributed by atoms with van der Waals surface area (Å²) >= 11 is 0. The molecule has 5 nitrogen and oxygen atoms in total. The number of hydrogen-bond donors (Lipinski definition) is 1. The van der Waals surface area contributed by atoms with E-state index >= 15 is 0 Å². The minimum absolute atomic E-state index is 0.00686. The van der Waals surface area contributed by atoms with Gasteiger partial charge in [0.05, 0.1) is 5.69 Å². The summed E-state index contributed by atoms with van der Waals surface area (Å²) in [6.45, 7) is 7.11. The van der Waals surface area contributed by atoms with Crippen LogP contribution < -0.4 is 5.32 Å². The van der Waals surface area contributed by atoms with Gasteiger partial charge in [-0.3, -0.25) is 14.4 Å². The molecule has 0 spiro atoms. The van der Waals surface area contributed by atoms with Crippen LogP contribution in [0.15, 0.2) is 30.5 Å². The van der Waals surface area contributed by atoms with Gasteiger partial charge in [-0.05, 0) is 50.6 Å². The average Bonchev–Trinajstić information content (AvgIpc) is 3.18. The first kappa shape index (κ1) is 16.7. The van der Waals surface area contributed by atoms with Crippen LogP contribution in [0, 0.1) is 6.92 Å². The maximum absolute atomic E-state index is 12.4. The molecule has 0 aliphatic carbocycles. The van der Waals surface area contributed by atoms with E-state index in [0.717, 1.165) is 36.5 Å². The van der Waals surface area contributed by atoms with Gasteiger partial charge in [-0.15, -0.1) is 0 Å². The first-order valence-corrected chi connectivity index (χ1v) is 8.71. The normalized spacial score (nSPS) is 18.0. The van der Waals surface area contributed by atoms with E-state index in [1.165, 1.54) is 12.8 Å². The molecule has 128 valence electrons. The Hall–Kier alpha value is -2.14. The number of amides is 1. The Labute approximate surface area is 143 Å². The lowest BCUT2D eigenvalue weighted by Crippen LogP contribution is -2.40. The number of benzene rings is 1. The first-order chi connectivity index (χ1) is 11.6. The number of aryl methyl sites for hydroxylation is 2. The lowest BCUT2D eigenvalue weighted by molar-refractivity contribution is 0.0941. The predicted molar refractivity (Wildman–Crippen MR) is 96.0 cm³/mol. The van der Waals surface area contributed by atoms with E-state index in [0.29, 0.717) is 11.6 Å². The Morgan fingerprint density at radius 1 is 1.33 bits per heavy atom. The molecule has 1 aromatic carbocycles. The van der Waals surface area contributed by atoms with E-state index < -0.39 is 0 Å². The number of carbonyl (C=O) groups excluding carboxylic acids is 1. The zero-order valence-corrected chi connectivity index (χ0v) is 14.7. The minimum atomic E-state index is 0.00686. The second kappa shape index (κ2) is 7.18. The van der Waals surface area contributed by atoms with E-state index in [2.05, 4.69) is 22.2 Å². The topological polar surface area (TPSA) is 50.2 Å². The van der Waals surface area contributed by atoms with Gasteiger partial charge in [0, 0.05) is 37.0 Å². The lowest BCUT2D eigenvalue weighted by atomic mass is 10.0. The number of hydrogen-bond acceptors (Lipinski definition) is 3. The average molecular weight is 326 g/mol. The van der Waals surface area contributed by atoms with Crippen LogP contribution in [0.3, 0.4) is 0 Å². The van der Waals surface area contributed by atoms with Gasteiger partial charge in [-0.1, -0.05) is 19.1 Å². The van der Waals surface area contributed by atoms with E-state index in [-0.39, 0.29) is 5.91 Å². The smallest absolute Gasteiger partial charge is 0.251 e. The van der Waals surface area contributed by atoms with Crippen molar-refractivity contribution in [3.05, 3.63) is 41.7 Å². The highest BCUT2D eigenvalue weighted by Crippen LogP contribution is 2.22. The third kappa shape index (κ3) is 3.51. The number of nitrogens with one attached hydrogen (secondary N) is 1. The van der Waals surface area contributed by atoms with E-state index in [4.69, 9.17) is 0 Å². The van der Waals surface area contributed by atoms with Crippen LogP contribution in [0.1, 0.15) is 35.8 Å². The summed E-state index contributed by atoms with van der Waals surface area (Å²) in [5.41, 5.74) is 3.90. The third-order valence-electron chi connectivity index (χ3n) is 4.88. The SMILES string of the molecule is CCN1CCCC1CNC(=O)c1ccc(-c2cn(C)nc2C)cc1. The number of nitrogens with zero attached hydrogens (tertiary/aromatic N) is 3. The molecule has 24 heavy (non-hydrogen) atoms. The van der Waals surface area contributed by atoms with Crippen molar-refractivity contribution in [3.63, 3.8) is 0 Å². The van der Waals surface area contributed by atoms with Crippen molar-refractivity contribution >= 4 is 5.91 Å².